The highest BCUT2D eigenvalue weighted by Crippen LogP contribution is 2.32. The van der Waals surface area contributed by atoms with Crippen LogP contribution in [0.1, 0.15) is 50.2 Å². The third kappa shape index (κ3) is 4.35. The third-order valence-electron chi connectivity index (χ3n) is 4.30. The molecule has 0 spiro atoms. The Hall–Kier alpha value is -1.77. The molecular formula is C18H24O3. The van der Waals surface area contributed by atoms with Crippen molar-refractivity contribution in [3.05, 3.63) is 35.4 Å². The zero-order chi connectivity index (χ0) is 15.2. The van der Waals surface area contributed by atoms with E-state index in [0.717, 1.165) is 41.7 Å². The Morgan fingerprint density at radius 2 is 2.05 bits per heavy atom. The van der Waals surface area contributed by atoms with E-state index in [1.165, 1.54) is 19.3 Å². The first-order valence-electron chi connectivity index (χ1n) is 7.77. The summed E-state index contributed by atoms with van der Waals surface area (Å²) in [7, 11) is 0. The van der Waals surface area contributed by atoms with Crippen LogP contribution in [-0.2, 0) is 4.79 Å². The fourth-order valence-electron chi connectivity index (χ4n) is 2.95. The zero-order valence-corrected chi connectivity index (χ0v) is 12.8. The van der Waals surface area contributed by atoms with Gasteiger partial charge in [0.1, 0.15) is 5.75 Å². The lowest BCUT2D eigenvalue weighted by molar-refractivity contribution is -0.131. The molecule has 0 radical (unpaired) electrons. The van der Waals surface area contributed by atoms with Crippen molar-refractivity contribution in [3.63, 3.8) is 0 Å². The summed E-state index contributed by atoms with van der Waals surface area (Å²) < 4.78 is 6.20. The maximum atomic E-state index is 10.7. The average molecular weight is 288 g/mol. The van der Waals surface area contributed by atoms with Crippen molar-refractivity contribution >= 4 is 12.0 Å². The average Bonchev–Trinajstić information content (AvgIpc) is 2.48. The summed E-state index contributed by atoms with van der Waals surface area (Å²) in [6, 6.07) is 5.84. The summed E-state index contributed by atoms with van der Waals surface area (Å²) >= 11 is 0. The maximum Gasteiger partial charge on any atom is 0.328 e. The Bertz CT molecular complexity index is 511. The van der Waals surface area contributed by atoms with Crippen molar-refractivity contribution in [2.75, 3.05) is 0 Å². The Morgan fingerprint density at radius 3 is 2.67 bits per heavy atom. The van der Waals surface area contributed by atoms with Gasteiger partial charge in [-0.15, -0.1) is 0 Å². The van der Waals surface area contributed by atoms with E-state index in [1.54, 1.807) is 6.08 Å². The van der Waals surface area contributed by atoms with Crippen LogP contribution in [0, 0.1) is 12.8 Å². The molecule has 0 unspecified atom stereocenters. The number of aliphatic carboxylic acids is 1. The van der Waals surface area contributed by atoms with Crippen molar-refractivity contribution in [2.24, 2.45) is 5.92 Å². The van der Waals surface area contributed by atoms with Gasteiger partial charge in [0.2, 0.25) is 0 Å². The van der Waals surface area contributed by atoms with Gasteiger partial charge in [0.05, 0.1) is 6.10 Å². The zero-order valence-electron chi connectivity index (χ0n) is 12.8. The van der Waals surface area contributed by atoms with Gasteiger partial charge in [-0.3, -0.25) is 0 Å². The van der Waals surface area contributed by atoms with E-state index < -0.39 is 5.97 Å². The summed E-state index contributed by atoms with van der Waals surface area (Å²) in [6.07, 6.45) is 8.93. The van der Waals surface area contributed by atoms with Crippen LogP contribution in [0.15, 0.2) is 24.3 Å². The minimum Gasteiger partial charge on any atom is -0.490 e. The molecule has 1 aromatic carbocycles. The number of carbonyl (C=O) groups is 1. The van der Waals surface area contributed by atoms with Gasteiger partial charge in [0, 0.05) is 11.6 Å². The number of ether oxygens (including phenoxy) is 1. The third-order valence-corrected chi connectivity index (χ3v) is 4.30. The minimum absolute atomic E-state index is 0.255. The molecule has 0 heterocycles. The van der Waals surface area contributed by atoms with Gasteiger partial charge in [-0.2, -0.15) is 0 Å². The first-order chi connectivity index (χ1) is 10.1. The lowest BCUT2D eigenvalue weighted by Gasteiger charge is -2.29. The van der Waals surface area contributed by atoms with Crippen molar-refractivity contribution in [3.8, 4) is 5.75 Å². The first kappa shape index (κ1) is 15.6. The van der Waals surface area contributed by atoms with Crippen molar-refractivity contribution < 1.29 is 14.6 Å². The predicted octanol–water partition coefficient (Wildman–Crippen LogP) is 4.44. The molecule has 3 heteroatoms. The SMILES string of the molecule is CCC1CCC(Oc2c(C)cccc2/C=C/C(=O)O)CC1. The molecule has 1 aliphatic rings. The Labute approximate surface area is 126 Å². The number of benzene rings is 1. The highest BCUT2D eigenvalue weighted by Gasteiger charge is 2.22. The molecule has 1 saturated carbocycles. The fourth-order valence-corrected chi connectivity index (χ4v) is 2.95. The number of hydrogen-bond acceptors (Lipinski definition) is 2. The first-order valence-corrected chi connectivity index (χ1v) is 7.77. The summed E-state index contributed by atoms with van der Waals surface area (Å²) in [5, 5.41) is 8.79. The second kappa shape index (κ2) is 7.30. The number of hydrogen-bond donors (Lipinski definition) is 1. The maximum absolute atomic E-state index is 10.7. The minimum atomic E-state index is -0.939. The normalized spacial score (nSPS) is 22.4. The highest BCUT2D eigenvalue weighted by molar-refractivity contribution is 5.86. The molecule has 1 N–H and O–H groups in total. The van der Waals surface area contributed by atoms with E-state index in [2.05, 4.69) is 6.92 Å². The van der Waals surface area contributed by atoms with Crippen LogP contribution < -0.4 is 4.74 Å². The molecule has 3 nitrogen and oxygen atoms in total. The van der Waals surface area contributed by atoms with Gasteiger partial charge in [-0.05, 0) is 50.2 Å². The molecule has 0 aromatic heterocycles. The molecule has 2 rings (SSSR count). The number of rotatable bonds is 5. The number of carboxylic acids is 1. The van der Waals surface area contributed by atoms with Gasteiger partial charge in [0.15, 0.2) is 0 Å². The Morgan fingerprint density at radius 1 is 1.33 bits per heavy atom. The van der Waals surface area contributed by atoms with Crippen LogP contribution in [0.25, 0.3) is 6.08 Å². The molecule has 0 atom stereocenters. The second-order valence-corrected chi connectivity index (χ2v) is 5.83. The van der Waals surface area contributed by atoms with Gasteiger partial charge >= 0.3 is 5.97 Å². The van der Waals surface area contributed by atoms with Crippen LogP contribution in [-0.4, -0.2) is 17.2 Å². The van der Waals surface area contributed by atoms with Gasteiger partial charge in [0.25, 0.3) is 0 Å². The summed E-state index contributed by atoms with van der Waals surface area (Å²) in [5.74, 6) is 0.731. The Balaban J connectivity index is 2.10. The van der Waals surface area contributed by atoms with Crippen molar-refractivity contribution in [2.45, 2.75) is 52.1 Å². The largest absolute Gasteiger partial charge is 0.490 e. The number of aryl methyl sites for hydroxylation is 1. The standard InChI is InChI=1S/C18H24O3/c1-3-14-7-10-16(11-8-14)21-18-13(2)5-4-6-15(18)9-12-17(19)20/h4-6,9,12,14,16H,3,7-8,10-11H2,1-2H3,(H,19,20)/b12-9+. The lowest BCUT2D eigenvalue weighted by atomic mass is 9.86. The summed E-state index contributed by atoms with van der Waals surface area (Å²) in [6.45, 7) is 4.26. The van der Waals surface area contributed by atoms with E-state index in [4.69, 9.17) is 9.84 Å². The van der Waals surface area contributed by atoms with Crippen molar-refractivity contribution in [1.82, 2.24) is 0 Å². The van der Waals surface area contributed by atoms with Crippen LogP contribution in [0.2, 0.25) is 0 Å². The highest BCUT2D eigenvalue weighted by atomic mass is 16.5. The summed E-state index contributed by atoms with van der Waals surface area (Å²) in [4.78, 5) is 10.7. The van der Waals surface area contributed by atoms with Crippen LogP contribution in [0.3, 0.4) is 0 Å². The quantitative estimate of drug-likeness (QED) is 0.815. The number of para-hydroxylation sites is 1. The van der Waals surface area contributed by atoms with Crippen LogP contribution in [0.4, 0.5) is 0 Å². The van der Waals surface area contributed by atoms with E-state index in [0.29, 0.717) is 0 Å². The van der Waals surface area contributed by atoms with Gasteiger partial charge < -0.3 is 9.84 Å². The lowest BCUT2D eigenvalue weighted by Crippen LogP contribution is -2.24. The van der Waals surface area contributed by atoms with Gasteiger partial charge in [-0.1, -0.05) is 31.5 Å². The smallest absolute Gasteiger partial charge is 0.328 e. The molecule has 0 bridgehead atoms. The molecule has 0 saturated heterocycles. The van der Waals surface area contributed by atoms with E-state index in [9.17, 15) is 4.79 Å². The molecule has 1 aromatic rings. The molecule has 0 amide bonds. The van der Waals surface area contributed by atoms with E-state index in [1.807, 2.05) is 25.1 Å². The fraction of sp³-hybridized carbons (Fsp3) is 0.500. The van der Waals surface area contributed by atoms with Crippen LogP contribution >= 0.6 is 0 Å². The van der Waals surface area contributed by atoms with Gasteiger partial charge in [-0.25, -0.2) is 4.79 Å². The molecule has 1 aliphatic carbocycles. The summed E-state index contributed by atoms with van der Waals surface area (Å²) in [5.41, 5.74) is 1.90. The molecule has 1 fully saturated rings. The second-order valence-electron chi connectivity index (χ2n) is 5.83. The van der Waals surface area contributed by atoms with E-state index >= 15 is 0 Å². The molecular weight excluding hydrogens is 264 g/mol. The Kier molecular flexibility index (Phi) is 5.43. The monoisotopic (exact) mass is 288 g/mol. The van der Waals surface area contributed by atoms with Crippen LogP contribution in [0.5, 0.6) is 5.75 Å². The van der Waals surface area contributed by atoms with E-state index in [-0.39, 0.29) is 6.10 Å². The molecule has 21 heavy (non-hydrogen) atoms. The molecule has 114 valence electrons. The van der Waals surface area contributed by atoms with Crippen molar-refractivity contribution in [1.29, 1.82) is 0 Å². The number of carboxylic acid groups (broad SMARTS) is 1. The molecule has 0 aliphatic heterocycles. The predicted molar refractivity (Wildman–Crippen MR) is 84.5 cm³/mol. The topological polar surface area (TPSA) is 46.5 Å².